The first kappa shape index (κ1) is 11.5. The summed E-state index contributed by atoms with van der Waals surface area (Å²) in [4.78, 5) is 0. The first-order chi connectivity index (χ1) is 8.26. The molecule has 0 aliphatic rings. The molecule has 0 saturated heterocycles. The minimum atomic E-state index is 0.186. The van der Waals surface area contributed by atoms with Crippen LogP contribution in [0, 0.1) is 11.3 Å². The van der Waals surface area contributed by atoms with Crippen LogP contribution in [-0.4, -0.2) is 6.10 Å². The lowest BCUT2D eigenvalue weighted by Crippen LogP contribution is -2.09. The average molecular weight is 225 g/mol. The van der Waals surface area contributed by atoms with Gasteiger partial charge in [0.2, 0.25) is 0 Å². The van der Waals surface area contributed by atoms with E-state index < -0.39 is 0 Å². The molecule has 0 aliphatic carbocycles. The molecule has 0 heterocycles. The van der Waals surface area contributed by atoms with Gasteiger partial charge in [-0.1, -0.05) is 31.2 Å². The second-order valence-corrected chi connectivity index (χ2v) is 4.11. The van der Waals surface area contributed by atoms with E-state index in [1.54, 1.807) is 0 Å². The van der Waals surface area contributed by atoms with Crippen molar-refractivity contribution in [3.05, 3.63) is 42.0 Å². The molecule has 0 aliphatic heterocycles. The van der Waals surface area contributed by atoms with Crippen molar-refractivity contribution in [1.82, 2.24) is 0 Å². The molecular weight excluding hydrogens is 210 g/mol. The lowest BCUT2D eigenvalue weighted by Gasteiger charge is -2.15. The van der Waals surface area contributed by atoms with Crippen LogP contribution < -0.4 is 4.74 Å². The highest BCUT2D eigenvalue weighted by molar-refractivity contribution is 5.92. The predicted molar refractivity (Wildman–Crippen MR) is 69.0 cm³/mol. The third-order valence-corrected chi connectivity index (χ3v) is 2.91. The summed E-state index contributed by atoms with van der Waals surface area (Å²) in [6.45, 7) is 4.14. The van der Waals surface area contributed by atoms with Gasteiger partial charge in [0.25, 0.3) is 0 Å². The normalized spacial score (nSPS) is 12.1. The van der Waals surface area contributed by atoms with Gasteiger partial charge in [-0.15, -0.1) is 0 Å². The van der Waals surface area contributed by atoms with Gasteiger partial charge in [0.1, 0.15) is 5.75 Å². The van der Waals surface area contributed by atoms with E-state index in [2.05, 4.69) is 13.0 Å². The highest BCUT2D eigenvalue weighted by atomic mass is 16.5. The highest BCUT2D eigenvalue weighted by Crippen LogP contribution is 2.29. The number of nitrogens with zero attached hydrogens (tertiary/aromatic N) is 1. The number of fused-ring (bicyclic) bond motifs is 1. The monoisotopic (exact) mass is 225 g/mol. The van der Waals surface area contributed by atoms with Gasteiger partial charge in [-0.2, -0.15) is 5.26 Å². The van der Waals surface area contributed by atoms with E-state index in [1.807, 2.05) is 43.3 Å². The molecule has 2 aromatic carbocycles. The third kappa shape index (κ3) is 2.24. The van der Waals surface area contributed by atoms with E-state index in [1.165, 1.54) is 0 Å². The van der Waals surface area contributed by atoms with Crippen molar-refractivity contribution in [2.45, 2.75) is 26.4 Å². The maximum absolute atomic E-state index is 9.06. The number of ether oxygens (including phenoxy) is 1. The van der Waals surface area contributed by atoms with Gasteiger partial charge in [-0.05, 0) is 25.5 Å². The standard InChI is InChI=1S/C15H15NO/c1-3-11(2)17-15-9-8-12(10-16)13-6-4-5-7-14(13)15/h4-9,11H,3H2,1-2H3. The largest absolute Gasteiger partial charge is 0.490 e. The molecule has 2 aromatic rings. The first-order valence-electron chi connectivity index (χ1n) is 5.84. The molecule has 17 heavy (non-hydrogen) atoms. The smallest absolute Gasteiger partial charge is 0.127 e. The lowest BCUT2D eigenvalue weighted by atomic mass is 10.0. The number of hydrogen-bond acceptors (Lipinski definition) is 2. The summed E-state index contributed by atoms with van der Waals surface area (Å²) in [5, 5.41) is 11.0. The molecule has 0 spiro atoms. The van der Waals surface area contributed by atoms with Crippen LogP contribution in [0.3, 0.4) is 0 Å². The van der Waals surface area contributed by atoms with Crippen LogP contribution in [-0.2, 0) is 0 Å². The van der Waals surface area contributed by atoms with Gasteiger partial charge >= 0.3 is 0 Å². The van der Waals surface area contributed by atoms with E-state index in [4.69, 9.17) is 10.00 Å². The molecular formula is C15H15NO. The van der Waals surface area contributed by atoms with Crippen molar-refractivity contribution in [3.8, 4) is 11.8 Å². The van der Waals surface area contributed by atoms with Gasteiger partial charge < -0.3 is 4.74 Å². The Balaban J connectivity index is 2.55. The Labute approximate surface area is 101 Å². The van der Waals surface area contributed by atoms with Gasteiger partial charge in [-0.3, -0.25) is 0 Å². The fourth-order valence-corrected chi connectivity index (χ4v) is 1.77. The van der Waals surface area contributed by atoms with Crippen molar-refractivity contribution >= 4 is 10.8 Å². The second kappa shape index (κ2) is 4.88. The van der Waals surface area contributed by atoms with Crippen LogP contribution in [0.2, 0.25) is 0 Å². The van der Waals surface area contributed by atoms with Crippen LogP contribution in [0.5, 0.6) is 5.75 Å². The summed E-state index contributed by atoms with van der Waals surface area (Å²) >= 11 is 0. The van der Waals surface area contributed by atoms with Gasteiger partial charge in [0, 0.05) is 10.8 Å². The van der Waals surface area contributed by atoms with Gasteiger partial charge in [0.15, 0.2) is 0 Å². The number of hydrogen-bond donors (Lipinski definition) is 0. The fourth-order valence-electron chi connectivity index (χ4n) is 1.77. The molecule has 86 valence electrons. The summed E-state index contributed by atoms with van der Waals surface area (Å²) in [5.41, 5.74) is 0.692. The molecule has 2 nitrogen and oxygen atoms in total. The molecule has 1 unspecified atom stereocenters. The Kier molecular flexibility index (Phi) is 3.30. The zero-order chi connectivity index (χ0) is 12.3. The van der Waals surface area contributed by atoms with Crippen LogP contribution >= 0.6 is 0 Å². The van der Waals surface area contributed by atoms with Crippen molar-refractivity contribution in [2.75, 3.05) is 0 Å². The highest BCUT2D eigenvalue weighted by Gasteiger charge is 2.08. The molecule has 2 rings (SSSR count). The summed E-state index contributed by atoms with van der Waals surface area (Å²) in [7, 11) is 0. The minimum absolute atomic E-state index is 0.186. The van der Waals surface area contributed by atoms with E-state index >= 15 is 0 Å². The zero-order valence-corrected chi connectivity index (χ0v) is 10.1. The van der Waals surface area contributed by atoms with Crippen LogP contribution in [0.15, 0.2) is 36.4 Å². The van der Waals surface area contributed by atoms with E-state index in [9.17, 15) is 0 Å². The number of benzene rings is 2. The molecule has 0 fully saturated rings. The average Bonchev–Trinajstić information content (AvgIpc) is 2.39. The molecule has 0 amide bonds. The molecule has 1 atom stereocenters. The summed E-state index contributed by atoms with van der Waals surface area (Å²) < 4.78 is 5.87. The van der Waals surface area contributed by atoms with Crippen LogP contribution in [0.4, 0.5) is 0 Å². The lowest BCUT2D eigenvalue weighted by molar-refractivity contribution is 0.220. The number of rotatable bonds is 3. The number of nitriles is 1. The van der Waals surface area contributed by atoms with Crippen molar-refractivity contribution in [1.29, 1.82) is 5.26 Å². The maximum atomic E-state index is 9.06. The Morgan fingerprint density at radius 1 is 1.18 bits per heavy atom. The molecule has 0 aromatic heterocycles. The Hall–Kier alpha value is -2.01. The van der Waals surface area contributed by atoms with Crippen LogP contribution in [0.1, 0.15) is 25.8 Å². The Morgan fingerprint density at radius 3 is 2.53 bits per heavy atom. The van der Waals surface area contributed by atoms with Gasteiger partial charge in [0.05, 0.1) is 17.7 Å². The summed E-state index contributed by atoms with van der Waals surface area (Å²) in [6, 6.07) is 13.8. The zero-order valence-electron chi connectivity index (χ0n) is 10.1. The Morgan fingerprint density at radius 2 is 1.88 bits per heavy atom. The maximum Gasteiger partial charge on any atom is 0.127 e. The SMILES string of the molecule is CCC(C)Oc1ccc(C#N)c2ccccc12. The van der Waals surface area contributed by atoms with E-state index in [-0.39, 0.29) is 6.10 Å². The molecule has 2 heteroatoms. The fraction of sp³-hybridized carbons (Fsp3) is 0.267. The minimum Gasteiger partial charge on any atom is -0.490 e. The molecule has 0 radical (unpaired) electrons. The van der Waals surface area contributed by atoms with Crippen molar-refractivity contribution in [3.63, 3.8) is 0 Å². The summed E-state index contributed by atoms with van der Waals surface area (Å²) in [5.74, 6) is 0.856. The van der Waals surface area contributed by atoms with Crippen molar-refractivity contribution < 1.29 is 4.74 Å². The third-order valence-electron chi connectivity index (χ3n) is 2.91. The van der Waals surface area contributed by atoms with Crippen LogP contribution in [0.25, 0.3) is 10.8 Å². The molecule has 0 bridgehead atoms. The van der Waals surface area contributed by atoms with Crippen molar-refractivity contribution in [2.24, 2.45) is 0 Å². The topological polar surface area (TPSA) is 33.0 Å². The molecule has 0 N–H and O–H groups in total. The first-order valence-corrected chi connectivity index (χ1v) is 5.84. The summed E-state index contributed by atoms with van der Waals surface area (Å²) in [6.07, 6.45) is 1.15. The quantitative estimate of drug-likeness (QED) is 0.794. The van der Waals surface area contributed by atoms with E-state index in [0.29, 0.717) is 5.56 Å². The van der Waals surface area contributed by atoms with Gasteiger partial charge in [-0.25, -0.2) is 0 Å². The Bertz CT molecular complexity index is 569. The molecule has 0 saturated carbocycles. The van der Waals surface area contributed by atoms with E-state index in [0.717, 1.165) is 22.9 Å². The predicted octanol–water partition coefficient (Wildman–Crippen LogP) is 3.89. The second-order valence-electron chi connectivity index (χ2n) is 4.11.